The van der Waals surface area contributed by atoms with Gasteiger partial charge in [0.1, 0.15) is 24.2 Å². The van der Waals surface area contributed by atoms with Gasteiger partial charge in [0.2, 0.25) is 11.8 Å². The van der Waals surface area contributed by atoms with E-state index in [0.717, 1.165) is 16.4 Å². The standard InChI is InChI=1S/C29H32Cl2FN3O5S/c1-5-40-23-13-15-24(16-14-23)41(38,39)35(22-11-9-21(32)10-12-22)18-28(36)34(20(4)29(37)33-19(2)3)17-25-26(30)7-6-8-27(25)31/h6-16,19-20H,5,17-18H2,1-4H3,(H,33,37). The average Bonchev–Trinajstić information content (AvgIpc) is 2.92. The van der Waals surface area contributed by atoms with E-state index < -0.39 is 40.2 Å². The van der Waals surface area contributed by atoms with Crippen molar-refractivity contribution >= 4 is 50.7 Å². The number of rotatable bonds is 12. The van der Waals surface area contributed by atoms with Gasteiger partial charge in [0.25, 0.3) is 10.0 Å². The molecule has 1 N–H and O–H groups in total. The van der Waals surface area contributed by atoms with Gasteiger partial charge in [-0.2, -0.15) is 0 Å². The van der Waals surface area contributed by atoms with Gasteiger partial charge < -0.3 is 15.0 Å². The zero-order valence-corrected chi connectivity index (χ0v) is 25.4. The van der Waals surface area contributed by atoms with Crippen molar-refractivity contribution in [2.24, 2.45) is 0 Å². The molecule has 1 atom stereocenters. The molecule has 41 heavy (non-hydrogen) atoms. The second-order valence-corrected chi connectivity index (χ2v) is 12.1. The van der Waals surface area contributed by atoms with Crippen molar-refractivity contribution in [1.82, 2.24) is 10.2 Å². The minimum absolute atomic E-state index is 0.0589. The summed E-state index contributed by atoms with van der Waals surface area (Å²) in [6, 6.07) is 14.1. The number of sulfonamides is 1. The molecule has 0 aliphatic carbocycles. The van der Waals surface area contributed by atoms with Crippen LogP contribution in [0.2, 0.25) is 10.0 Å². The van der Waals surface area contributed by atoms with E-state index in [1.165, 1.54) is 48.2 Å². The molecule has 0 heterocycles. The van der Waals surface area contributed by atoms with Crippen molar-refractivity contribution in [3.8, 4) is 5.75 Å². The van der Waals surface area contributed by atoms with Gasteiger partial charge in [-0.15, -0.1) is 0 Å². The van der Waals surface area contributed by atoms with Crippen LogP contribution in [0.3, 0.4) is 0 Å². The van der Waals surface area contributed by atoms with Crippen LogP contribution >= 0.6 is 23.2 Å². The largest absolute Gasteiger partial charge is 0.494 e. The van der Waals surface area contributed by atoms with Gasteiger partial charge in [-0.25, -0.2) is 12.8 Å². The van der Waals surface area contributed by atoms with Crippen LogP contribution in [0.4, 0.5) is 10.1 Å². The van der Waals surface area contributed by atoms with Crippen LogP contribution in [0.5, 0.6) is 5.75 Å². The first-order valence-corrected chi connectivity index (χ1v) is 15.1. The molecule has 0 bridgehead atoms. The first-order valence-electron chi connectivity index (χ1n) is 12.9. The zero-order chi connectivity index (χ0) is 30.3. The highest BCUT2D eigenvalue weighted by atomic mass is 35.5. The molecule has 0 spiro atoms. The summed E-state index contributed by atoms with van der Waals surface area (Å²) in [5.74, 6) is -1.25. The van der Waals surface area contributed by atoms with Crippen molar-refractivity contribution in [2.75, 3.05) is 17.5 Å². The molecule has 3 aromatic carbocycles. The molecule has 0 aliphatic heterocycles. The van der Waals surface area contributed by atoms with E-state index in [2.05, 4.69) is 5.32 Å². The average molecular weight is 625 g/mol. The minimum Gasteiger partial charge on any atom is -0.494 e. The molecule has 0 fully saturated rings. The molecule has 3 rings (SSSR count). The maximum atomic E-state index is 13.9. The SMILES string of the molecule is CCOc1ccc(S(=O)(=O)N(CC(=O)N(Cc2c(Cl)cccc2Cl)C(C)C(=O)NC(C)C)c2ccc(F)cc2)cc1. The van der Waals surface area contributed by atoms with E-state index in [-0.39, 0.29) is 33.2 Å². The molecule has 2 amide bonds. The van der Waals surface area contributed by atoms with Gasteiger partial charge in [-0.05, 0) is 88.4 Å². The van der Waals surface area contributed by atoms with Gasteiger partial charge in [0, 0.05) is 28.2 Å². The van der Waals surface area contributed by atoms with Crippen molar-refractivity contribution in [2.45, 2.75) is 51.2 Å². The third-order valence-corrected chi connectivity index (χ3v) is 8.60. The second kappa shape index (κ2) is 14.0. The van der Waals surface area contributed by atoms with E-state index in [4.69, 9.17) is 27.9 Å². The van der Waals surface area contributed by atoms with Crippen LogP contribution in [0.15, 0.2) is 71.6 Å². The highest BCUT2D eigenvalue weighted by Crippen LogP contribution is 2.29. The third-order valence-electron chi connectivity index (χ3n) is 6.10. The van der Waals surface area contributed by atoms with Crippen molar-refractivity contribution in [3.63, 3.8) is 0 Å². The number of halogens is 3. The molecule has 12 heteroatoms. The lowest BCUT2D eigenvalue weighted by molar-refractivity contribution is -0.139. The Labute approximate surface area is 250 Å². The number of amides is 2. The fourth-order valence-corrected chi connectivity index (χ4v) is 5.91. The van der Waals surface area contributed by atoms with Crippen LogP contribution in [-0.2, 0) is 26.2 Å². The highest BCUT2D eigenvalue weighted by molar-refractivity contribution is 7.92. The summed E-state index contributed by atoms with van der Waals surface area (Å²) in [5, 5.41) is 3.33. The molecule has 1 unspecified atom stereocenters. The first-order chi connectivity index (χ1) is 19.3. The predicted molar refractivity (Wildman–Crippen MR) is 158 cm³/mol. The van der Waals surface area contributed by atoms with Crippen molar-refractivity contribution < 1.29 is 27.1 Å². The summed E-state index contributed by atoms with van der Waals surface area (Å²) in [6.45, 7) is 6.44. The smallest absolute Gasteiger partial charge is 0.264 e. The van der Waals surface area contributed by atoms with Gasteiger partial charge in [-0.1, -0.05) is 29.3 Å². The topological polar surface area (TPSA) is 96.0 Å². The van der Waals surface area contributed by atoms with Crippen LogP contribution in [-0.4, -0.2) is 50.4 Å². The maximum Gasteiger partial charge on any atom is 0.264 e. The Morgan fingerprint density at radius 1 is 0.951 bits per heavy atom. The van der Waals surface area contributed by atoms with E-state index in [1.807, 2.05) is 0 Å². The second-order valence-electron chi connectivity index (χ2n) is 9.45. The number of carbonyl (C=O) groups is 2. The van der Waals surface area contributed by atoms with Crippen molar-refractivity contribution in [1.29, 1.82) is 0 Å². The predicted octanol–water partition coefficient (Wildman–Crippen LogP) is 5.67. The van der Waals surface area contributed by atoms with Crippen LogP contribution in [0, 0.1) is 5.82 Å². The van der Waals surface area contributed by atoms with E-state index in [1.54, 1.807) is 39.0 Å². The number of carbonyl (C=O) groups excluding carboxylic acids is 2. The Morgan fingerprint density at radius 2 is 1.54 bits per heavy atom. The van der Waals surface area contributed by atoms with E-state index in [0.29, 0.717) is 17.9 Å². The molecule has 220 valence electrons. The first kappa shape index (κ1) is 32.2. The Kier molecular flexibility index (Phi) is 11.0. The normalized spacial score (nSPS) is 12.1. The number of anilines is 1. The van der Waals surface area contributed by atoms with E-state index in [9.17, 15) is 22.4 Å². The zero-order valence-electron chi connectivity index (χ0n) is 23.1. The Hall–Kier alpha value is -3.34. The van der Waals surface area contributed by atoms with Gasteiger partial charge >= 0.3 is 0 Å². The summed E-state index contributed by atoms with van der Waals surface area (Å²) in [4.78, 5) is 28.0. The van der Waals surface area contributed by atoms with Gasteiger partial charge in [0.15, 0.2) is 0 Å². The Morgan fingerprint density at radius 3 is 2.07 bits per heavy atom. The van der Waals surface area contributed by atoms with Gasteiger partial charge in [-0.3, -0.25) is 13.9 Å². The summed E-state index contributed by atoms with van der Waals surface area (Å²) < 4.78 is 47.8. The van der Waals surface area contributed by atoms with Crippen LogP contribution < -0.4 is 14.4 Å². The molecule has 0 saturated carbocycles. The molecule has 0 aliphatic rings. The number of ether oxygens (including phenoxy) is 1. The molecule has 3 aromatic rings. The minimum atomic E-state index is -4.33. The molecule has 0 aromatic heterocycles. The summed E-state index contributed by atoms with van der Waals surface area (Å²) >= 11 is 12.8. The third kappa shape index (κ3) is 8.12. The quantitative estimate of drug-likeness (QED) is 0.280. The molecular weight excluding hydrogens is 592 g/mol. The monoisotopic (exact) mass is 623 g/mol. The number of benzene rings is 3. The van der Waals surface area contributed by atoms with Crippen LogP contribution in [0.25, 0.3) is 0 Å². The number of nitrogens with one attached hydrogen (secondary N) is 1. The number of nitrogens with zero attached hydrogens (tertiary/aromatic N) is 2. The molecule has 0 saturated heterocycles. The van der Waals surface area contributed by atoms with Crippen molar-refractivity contribution in [3.05, 3.63) is 88.2 Å². The lowest BCUT2D eigenvalue weighted by atomic mass is 10.1. The summed E-state index contributed by atoms with van der Waals surface area (Å²) in [6.07, 6.45) is 0. The fraction of sp³-hybridized carbons (Fsp3) is 0.310. The molecule has 8 nitrogen and oxygen atoms in total. The Balaban J connectivity index is 2.05. The molecule has 0 radical (unpaired) electrons. The fourth-order valence-electron chi connectivity index (χ4n) is 3.98. The maximum absolute atomic E-state index is 13.9. The summed E-state index contributed by atoms with van der Waals surface area (Å²) in [7, 11) is -4.33. The molecular formula is C29H32Cl2FN3O5S. The lowest BCUT2D eigenvalue weighted by Crippen LogP contribution is -2.52. The number of hydrogen-bond donors (Lipinski definition) is 1. The van der Waals surface area contributed by atoms with E-state index >= 15 is 0 Å². The highest BCUT2D eigenvalue weighted by Gasteiger charge is 2.33. The lowest BCUT2D eigenvalue weighted by Gasteiger charge is -2.32. The van der Waals surface area contributed by atoms with Gasteiger partial charge in [0.05, 0.1) is 17.2 Å². The Bertz CT molecular complexity index is 1450. The van der Waals surface area contributed by atoms with Crippen LogP contribution in [0.1, 0.15) is 33.3 Å². The summed E-state index contributed by atoms with van der Waals surface area (Å²) in [5.41, 5.74) is 0.458. The number of hydrogen-bond acceptors (Lipinski definition) is 5.